The first-order valence-electron chi connectivity index (χ1n) is 8.72. The minimum atomic E-state index is -0.787. The lowest BCUT2D eigenvalue weighted by Crippen LogP contribution is -2.48. The molecular weight excluding hydrogens is 318 g/mol. The van der Waals surface area contributed by atoms with Gasteiger partial charge in [0.2, 0.25) is 5.91 Å². The highest BCUT2D eigenvalue weighted by Gasteiger charge is 2.42. The van der Waals surface area contributed by atoms with E-state index in [4.69, 9.17) is 4.74 Å². The summed E-state index contributed by atoms with van der Waals surface area (Å²) in [4.78, 5) is 23.9. The molecule has 1 aliphatic carbocycles. The molecule has 1 fully saturated rings. The number of hydrogen-bond acceptors (Lipinski definition) is 5. The van der Waals surface area contributed by atoms with Crippen LogP contribution in [0.15, 0.2) is 24.3 Å². The molecule has 0 saturated heterocycles. The summed E-state index contributed by atoms with van der Waals surface area (Å²) in [5.74, 6) is -0.314. The number of unbranched alkanes of at least 4 members (excludes halogenated alkanes) is 1. The first-order valence-corrected chi connectivity index (χ1v) is 8.72. The number of nitrogens with zero attached hydrogens (tertiary/aromatic N) is 1. The standard InChI is InChI=1S/C19H25N3O3/c1-3-4-11-25-18(24)14-5-9-16(10-6-14)21-12-17(23)22-19(2,13-20)15-7-8-15/h5-6,9-10,15,21H,3-4,7-8,11-12H2,1-2H3,(H,22,23). The third kappa shape index (κ3) is 5.49. The maximum Gasteiger partial charge on any atom is 0.338 e. The number of hydrogen-bond donors (Lipinski definition) is 2. The summed E-state index contributed by atoms with van der Waals surface area (Å²) in [6.45, 7) is 4.30. The third-order valence-electron chi connectivity index (χ3n) is 4.33. The number of nitriles is 1. The van der Waals surface area contributed by atoms with Gasteiger partial charge in [-0.3, -0.25) is 4.79 Å². The number of esters is 1. The quantitative estimate of drug-likeness (QED) is 0.531. The highest BCUT2D eigenvalue weighted by Crippen LogP contribution is 2.39. The summed E-state index contributed by atoms with van der Waals surface area (Å²) in [6, 6.07) is 8.99. The van der Waals surface area contributed by atoms with Crippen molar-refractivity contribution < 1.29 is 14.3 Å². The average molecular weight is 343 g/mol. The molecule has 1 saturated carbocycles. The van der Waals surface area contributed by atoms with Crippen LogP contribution in [0.3, 0.4) is 0 Å². The SMILES string of the molecule is CCCCOC(=O)c1ccc(NCC(=O)NC(C)(C#N)C2CC2)cc1. The van der Waals surface area contributed by atoms with Crippen molar-refractivity contribution in [1.82, 2.24) is 5.32 Å². The molecule has 0 heterocycles. The number of anilines is 1. The van der Waals surface area contributed by atoms with E-state index in [1.54, 1.807) is 31.2 Å². The van der Waals surface area contributed by atoms with E-state index in [0.29, 0.717) is 12.2 Å². The van der Waals surface area contributed by atoms with Crippen LogP contribution in [0.4, 0.5) is 5.69 Å². The summed E-state index contributed by atoms with van der Waals surface area (Å²) in [7, 11) is 0. The van der Waals surface area contributed by atoms with Crippen LogP contribution >= 0.6 is 0 Å². The van der Waals surface area contributed by atoms with Gasteiger partial charge in [0.15, 0.2) is 0 Å². The Kier molecular flexibility index (Phi) is 6.40. The Morgan fingerprint density at radius 3 is 2.56 bits per heavy atom. The molecule has 0 radical (unpaired) electrons. The van der Waals surface area contributed by atoms with Crippen LogP contribution in [0, 0.1) is 17.2 Å². The smallest absolute Gasteiger partial charge is 0.338 e. The molecule has 25 heavy (non-hydrogen) atoms. The Labute approximate surface area is 148 Å². The van der Waals surface area contributed by atoms with Crippen molar-refractivity contribution in [3.63, 3.8) is 0 Å². The molecule has 134 valence electrons. The zero-order valence-electron chi connectivity index (χ0n) is 14.8. The number of carbonyl (C=O) groups excluding carboxylic acids is 2. The Morgan fingerprint density at radius 2 is 2.00 bits per heavy atom. The van der Waals surface area contributed by atoms with Crippen LogP contribution in [0.1, 0.15) is 49.9 Å². The van der Waals surface area contributed by atoms with Gasteiger partial charge in [-0.25, -0.2) is 4.79 Å². The highest BCUT2D eigenvalue weighted by atomic mass is 16.5. The molecule has 2 rings (SSSR count). The van der Waals surface area contributed by atoms with Crippen molar-refractivity contribution in [2.24, 2.45) is 5.92 Å². The van der Waals surface area contributed by atoms with Gasteiger partial charge in [-0.1, -0.05) is 13.3 Å². The van der Waals surface area contributed by atoms with Crippen molar-refractivity contribution >= 4 is 17.6 Å². The molecular formula is C19H25N3O3. The van der Waals surface area contributed by atoms with E-state index in [9.17, 15) is 14.9 Å². The van der Waals surface area contributed by atoms with E-state index in [1.807, 2.05) is 6.92 Å². The van der Waals surface area contributed by atoms with Crippen LogP contribution in [-0.4, -0.2) is 30.6 Å². The molecule has 1 atom stereocenters. The van der Waals surface area contributed by atoms with Gasteiger partial charge in [-0.2, -0.15) is 5.26 Å². The van der Waals surface area contributed by atoms with Crippen LogP contribution in [0.25, 0.3) is 0 Å². The van der Waals surface area contributed by atoms with Crippen molar-refractivity contribution in [2.45, 2.75) is 45.1 Å². The van der Waals surface area contributed by atoms with Crippen molar-refractivity contribution in [2.75, 3.05) is 18.5 Å². The fourth-order valence-electron chi connectivity index (χ4n) is 2.51. The highest BCUT2D eigenvalue weighted by molar-refractivity contribution is 5.90. The number of amides is 1. The lowest BCUT2D eigenvalue weighted by molar-refractivity contribution is -0.120. The van der Waals surface area contributed by atoms with Crippen molar-refractivity contribution in [3.8, 4) is 6.07 Å². The fourth-order valence-corrected chi connectivity index (χ4v) is 2.51. The number of carbonyl (C=O) groups is 2. The van der Waals surface area contributed by atoms with Crippen LogP contribution < -0.4 is 10.6 Å². The second kappa shape index (κ2) is 8.52. The molecule has 6 nitrogen and oxygen atoms in total. The number of benzene rings is 1. The van der Waals surface area contributed by atoms with E-state index in [0.717, 1.165) is 31.4 Å². The average Bonchev–Trinajstić information content (AvgIpc) is 3.46. The molecule has 1 unspecified atom stereocenters. The van der Waals surface area contributed by atoms with Gasteiger partial charge in [0, 0.05) is 5.69 Å². The molecule has 1 aromatic rings. The van der Waals surface area contributed by atoms with E-state index in [-0.39, 0.29) is 24.3 Å². The number of rotatable bonds is 9. The Morgan fingerprint density at radius 1 is 1.32 bits per heavy atom. The van der Waals surface area contributed by atoms with Crippen LogP contribution in [0.5, 0.6) is 0 Å². The molecule has 0 spiro atoms. The van der Waals surface area contributed by atoms with E-state index in [2.05, 4.69) is 16.7 Å². The Bertz CT molecular complexity index is 647. The third-order valence-corrected chi connectivity index (χ3v) is 4.33. The maximum absolute atomic E-state index is 12.0. The van der Waals surface area contributed by atoms with Gasteiger partial charge in [0.05, 0.1) is 24.8 Å². The van der Waals surface area contributed by atoms with Crippen LogP contribution in [0.2, 0.25) is 0 Å². The Balaban J connectivity index is 1.80. The van der Waals surface area contributed by atoms with Crippen molar-refractivity contribution in [3.05, 3.63) is 29.8 Å². The molecule has 1 amide bonds. The predicted octanol–water partition coefficient (Wildman–Crippen LogP) is 2.86. The van der Waals surface area contributed by atoms with Crippen LogP contribution in [-0.2, 0) is 9.53 Å². The first-order chi connectivity index (χ1) is 12.0. The lowest BCUT2D eigenvalue weighted by Gasteiger charge is -2.23. The topological polar surface area (TPSA) is 91.2 Å². The molecule has 0 aliphatic heterocycles. The molecule has 2 N–H and O–H groups in total. The summed E-state index contributed by atoms with van der Waals surface area (Å²) in [5, 5.41) is 15.1. The normalized spacial score (nSPS) is 15.6. The fraction of sp³-hybridized carbons (Fsp3) is 0.526. The first kappa shape index (κ1) is 18.8. The minimum absolute atomic E-state index is 0.0737. The number of nitrogens with one attached hydrogen (secondary N) is 2. The van der Waals surface area contributed by atoms with Gasteiger partial charge < -0.3 is 15.4 Å². The van der Waals surface area contributed by atoms with Gasteiger partial charge in [-0.05, 0) is 56.4 Å². The zero-order valence-corrected chi connectivity index (χ0v) is 14.8. The monoisotopic (exact) mass is 343 g/mol. The van der Waals surface area contributed by atoms with E-state index in [1.165, 1.54) is 0 Å². The van der Waals surface area contributed by atoms with Crippen molar-refractivity contribution in [1.29, 1.82) is 5.26 Å². The molecule has 6 heteroatoms. The van der Waals surface area contributed by atoms with Gasteiger partial charge in [-0.15, -0.1) is 0 Å². The summed E-state index contributed by atoms with van der Waals surface area (Å²) >= 11 is 0. The summed E-state index contributed by atoms with van der Waals surface area (Å²) < 4.78 is 5.15. The van der Waals surface area contributed by atoms with Gasteiger partial charge in [0.25, 0.3) is 0 Å². The second-order valence-electron chi connectivity index (χ2n) is 6.56. The number of ether oxygens (including phenoxy) is 1. The summed E-state index contributed by atoms with van der Waals surface area (Å²) in [5.41, 5.74) is 0.424. The minimum Gasteiger partial charge on any atom is -0.462 e. The second-order valence-corrected chi connectivity index (χ2v) is 6.56. The Hall–Kier alpha value is -2.55. The van der Waals surface area contributed by atoms with Gasteiger partial charge in [0.1, 0.15) is 5.54 Å². The molecule has 0 aromatic heterocycles. The molecule has 0 bridgehead atoms. The predicted molar refractivity (Wildman–Crippen MR) is 95.0 cm³/mol. The van der Waals surface area contributed by atoms with E-state index < -0.39 is 5.54 Å². The maximum atomic E-state index is 12.0. The zero-order chi connectivity index (χ0) is 18.3. The largest absolute Gasteiger partial charge is 0.462 e. The molecule has 1 aliphatic rings. The van der Waals surface area contributed by atoms with E-state index >= 15 is 0 Å². The lowest BCUT2D eigenvalue weighted by atomic mass is 9.98. The van der Waals surface area contributed by atoms with Gasteiger partial charge >= 0.3 is 5.97 Å². The summed E-state index contributed by atoms with van der Waals surface area (Å²) in [6.07, 6.45) is 3.79. The molecule has 1 aromatic carbocycles.